The molecule has 2 aromatic rings. The predicted octanol–water partition coefficient (Wildman–Crippen LogP) is 4.44. The molecule has 2 atom stereocenters. The molecule has 0 unspecified atom stereocenters. The normalized spacial score (nSPS) is 22.2. The van der Waals surface area contributed by atoms with Crippen LogP contribution in [0.5, 0.6) is 0 Å². The summed E-state index contributed by atoms with van der Waals surface area (Å²) in [5, 5.41) is 11.2. The monoisotopic (exact) mass is 448 g/mol. The number of anilines is 1. The van der Waals surface area contributed by atoms with Gasteiger partial charge >= 0.3 is 0 Å². The quantitative estimate of drug-likeness (QED) is 0.385. The molecule has 1 amide bonds. The molecule has 174 valence electrons. The Kier molecular flexibility index (Phi) is 6.84. The van der Waals surface area contributed by atoms with E-state index in [1.165, 1.54) is 0 Å². The molecule has 2 fully saturated rings. The molecule has 4 rings (SSSR count). The van der Waals surface area contributed by atoms with Crippen molar-refractivity contribution < 1.29 is 19.4 Å². The van der Waals surface area contributed by atoms with Gasteiger partial charge in [0.1, 0.15) is 5.76 Å². The van der Waals surface area contributed by atoms with E-state index in [1.807, 2.05) is 43.3 Å². The standard InChI is InChI=1S/C27H32N2O4/c1-4-28(5-2)21-14-12-19(13-15-21)24-23(25(30)20-10-8-18(3)9-11-20)26(31)27(32)29(24)17-22-7-6-16-33-22/h8-15,22,24,30H,4-7,16-17H2,1-3H3/t22-,24-/m1/s1. The number of ketones is 1. The molecule has 6 heteroatoms. The van der Waals surface area contributed by atoms with Gasteiger partial charge in [-0.3, -0.25) is 9.59 Å². The van der Waals surface area contributed by atoms with Crippen LogP contribution in [0.15, 0.2) is 54.1 Å². The Balaban J connectivity index is 1.78. The van der Waals surface area contributed by atoms with E-state index < -0.39 is 17.7 Å². The maximum Gasteiger partial charge on any atom is 0.295 e. The van der Waals surface area contributed by atoms with Crippen molar-refractivity contribution in [3.05, 3.63) is 70.8 Å². The summed E-state index contributed by atoms with van der Waals surface area (Å²) in [6.45, 7) is 8.95. The Labute approximate surface area is 195 Å². The largest absolute Gasteiger partial charge is 0.507 e. The lowest BCUT2D eigenvalue weighted by Gasteiger charge is -2.28. The molecule has 0 spiro atoms. The minimum Gasteiger partial charge on any atom is -0.507 e. The van der Waals surface area contributed by atoms with Gasteiger partial charge in [0, 0.05) is 37.5 Å². The smallest absolute Gasteiger partial charge is 0.295 e. The Morgan fingerprint density at radius 1 is 1.06 bits per heavy atom. The molecular formula is C27H32N2O4. The van der Waals surface area contributed by atoms with E-state index in [0.717, 1.165) is 42.7 Å². The minimum absolute atomic E-state index is 0.0972. The van der Waals surface area contributed by atoms with E-state index in [4.69, 9.17) is 4.74 Å². The fraction of sp³-hybridized carbons (Fsp3) is 0.407. The molecule has 33 heavy (non-hydrogen) atoms. The summed E-state index contributed by atoms with van der Waals surface area (Å²) in [5.74, 6) is -1.37. The number of benzene rings is 2. The van der Waals surface area contributed by atoms with Crippen molar-refractivity contribution in [1.82, 2.24) is 4.90 Å². The lowest BCUT2D eigenvalue weighted by molar-refractivity contribution is -0.140. The van der Waals surface area contributed by atoms with Crippen molar-refractivity contribution in [2.75, 3.05) is 31.1 Å². The van der Waals surface area contributed by atoms with Crippen LogP contribution in [0.1, 0.15) is 49.4 Å². The number of nitrogens with zero attached hydrogens (tertiary/aromatic N) is 2. The Bertz CT molecular complexity index is 1030. The van der Waals surface area contributed by atoms with Gasteiger partial charge in [0.05, 0.1) is 17.7 Å². The van der Waals surface area contributed by atoms with Gasteiger partial charge in [0.15, 0.2) is 0 Å². The van der Waals surface area contributed by atoms with Crippen LogP contribution in [0, 0.1) is 6.92 Å². The van der Waals surface area contributed by atoms with Crippen molar-refractivity contribution in [3.63, 3.8) is 0 Å². The van der Waals surface area contributed by atoms with Crippen LogP contribution in [0.2, 0.25) is 0 Å². The highest BCUT2D eigenvalue weighted by atomic mass is 16.5. The first-order valence-corrected chi connectivity index (χ1v) is 11.8. The second-order valence-corrected chi connectivity index (χ2v) is 8.72. The molecule has 0 bridgehead atoms. The van der Waals surface area contributed by atoms with E-state index in [-0.39, 0.29) is 17.4 Å². The molecule has 2 aliphatic rings. The molecular weight excluding hydrogens is 416 g/mol. The molecule has 1 N–H and O–H groups in total. The van der Waals surface area contributed by atoms with Gasteiger partial charge in [-0.25, -0.2) is 0 Å². The van der Waals surface area contributed by atoms with E-state index in [9.17, 15) is 14.7 Å². The summed E-state index contributed by atoms with van der Waals surface area (Å²) in [5.41, 5.74) is 3.60. The Morgan fingerprint density at radius 2 is 1.73 bits per heavy atom. The topological polar surface area (TPSA) is 70.1 Å². The van der Waals surface area contributed by atoms with E-state index >= 15 is 0 Å². The number of aryl methyl sites for hydroxylation is 1. The summed E-state index contributed by atoms with van der Waals surface area (Å²) < 4.78 is 5.77. The van der Waals surface area contributed by atoms with Crippen LogP contribution < -0.4 is 4.90 Å². The second kappa shape index (κ2) is 9.79. The van der Waals surface area contributed by atoms with E-state index in [0.29, 0.717) is 18.7 Å². The molecule has 0 aliphatic carbocycles. The summed E-state index contributed by atoms with van der Waals surface area (Å²) >= 11 is 0. The number of Topliss-reactive ketones (excluding diaryl/α,β-unsaturated/α-hetero) is 1. The number of carbonyl (C=O) groups excluding carboxylic acids is 2. The molecule has 2 aromatic carbocycles. The Hall–Kier alpha value is -3.12. The van der Waals surface area contributed by atoms with E-state index in [1.54, 1.807) is 17.0 Å². The van der Waals surface area contributed by atoms with Crippen LogP contribution >= 0.6 is 0 Å². The van der Waals surface area contributed by atoms with Crippen molar-refractivity contribution >= 4 is 23.1 Å². The molecule has 0 saturated carbocycles. The van der Waals surface area contributed by atoms with Gasteiger partial charge in [-0.15, -0.1) is 0 Å². The number of hydrogen-bond donors (Lipinski definition) is 1. The van der Waals surface area contributed by atoms with Gasteiger partial charge in [-0.2, -0.15) is 0 Å². The highest BCUT2D eigenvalue weighted by Crippen LogP contribution is 2.40. The third-order valence-corrected chi connectivity index (χ3v) is 6.63. The van der Waals surface area contributed by atoms with Crippen LogP contribution in [-0.2, 0) is 14.3 Å². The van der Waals surface area contributed by atoms with Gasteiger partial charge in [-0.05, 0) is 51.3 Å². The summed E-state index contributed by atoms with van der Waals surface area (Å²) in [7, 11) is 0. The number of carbonyl (C=O) groups is 2. The number of amides is 1. The number of ether oxygens (including phenoxy) is 1. The molecule has 6 nitrogen and oxygen atoms in total. The average Bonchev–Trinajstić information content (AvgIpc) is 3.43. The average molecular weight is 449 g/mol. The molecule has 2 aliphatic heterocycles. The van der Waals surface area contributed by atoms with Crippen LogP contribution in [-0.4, -0.2) is 54.0 Å². The maximum absolute atomic E-state index is 13.2. The molecule has 0 aromatic heterocycles. The first-order valence-electron chi connectivity index (χ1n) is 11.8. The lowest BCUT2D eigenvalue weighted by atomic mass is 9.94. The summed E-state index contributed by atoms with van der Waals surface area (Å²) in [6, 6.07) is 14.6. The zero-order chi connectivity index (χ0) is 23.5. The SMILES string of the molecule is CCN(CC)c1ccc([C@@H]2C(=C(O)c3ccc(C)cc3)C(=O)C(=O)N2C[C@H]2CCCO2)cc1. The third kappa shape index (κ3) is 4.53. The van der Waals surface area contributed by atoms with Crippen molar-refractivity contribution in [3.8, 4) is 0 Å². The first kappa shape index (κ1) is 23.1. The van der Waals surface area contributed by atoms with Crippen LogP contribution in [0.25, 0.3) is 5.76 Å². The Morgan fingerprint density at radius 3 is 2.30 bits per heavy atom. The fourth-order valence-corrected chi connectivity index (χ4v) is 4.75. The van der Waals surface area contributed by atoms with Crippen molar-refractivity contribution in [2.24, 2.45) is 0 Å². The lowest BCUT2D eigenvalue weighted by Crippen LogP contribution is -2.36. The minimum atomic E-state index is -0.652. The van der Waals surface area contributed by atoms with Gasteiger partial charge in [0.2, 0.25) is 0 Å². The zero-order valence-corrected chi connectivity index (χ0v) is 19.6. The fourth-order valence-electron chi connectivity index (χ4n) is 4.75. The van der Waals surface area contributed by atoms with Crippen LogP contribution in [0.4, 0.5) is 5.69 Å². The molecule has 2 heterocycles. The van der Waals surface area contributed by atoms with Gasteiger partial charge in [0.25, 0.3) is 11.7 Å². The molecule has 0 radical (unpaired) electrons. The predicted molar refractivity (Wildman–Crippen MR) is 129 cm³/mol. The van der Waals surface area contributed by atoms with Gasteiger partial charge in [-0.1, -0.05) is 42.0 Å². The maximum atomic E-state index is 13.2. The summed E-state index contributed by atoms with van der Waals surface area (Å²) in [4.78, 5) is 30.1. The van der Waals surface area contributed by atoms with Gasteiger partial charge < -0.3 is 19.6 Å². The number of likely N-dealkylation sites (tertiary alicyclic amines) is 1. The van der Waals surface area contributed by atoms with Crippen LogP contribution in [0.3, 0.4) is 0 Å². The number of rotatable bonds is 7. The number of aliphatic hydroxyl groups excluding tert-OH is 1. The van der Waals surface area contributed by atoms with Crippen molar-refractivity contribution in [2.45, 2.75) is 45.8 Å². The van der Waals surface area contributed by atoms with Crippen molar-refractivity contribution in [1.29, 1.82) is 0 Å². The highest BCUT2D eigenvalue weighted by molar-refractivity contribution is 6.46. The third-order valence-electron chi connectivity index (χ3n) is 6.63. The second-order valence-electron chi connectivity index (χ2n) is 8.72. The highest BCUT2D eigenvalue weighted by Gasteiger charge is 2.47. The summed E-state index contributed by atoms with van der Waals surface area (Å²) in [6.07, 6.45) is 1.70. The number of hydrogen-bond acceptors (Lipinski definition) is 5. The molecule has 2 saturated heterocycles. The van der Waals surface area contributed by atoms with E-state index in [2.05, 4.69) is 18.7 Å². The first-order chi connectivity index (χ1) is 15.9. The number of aliphatic hydroxyl groups is 1. The zero-order valence-electron chi connectivity index (χ0n) is 19.6.